The smallest absolute Gasteiger partial charge is 0.308 e. The maximum atomic E-state index is 12.3. The lowest BCUT2D eigenvalue weighted by Crippen LogP contribution is -2.61. The first-order valence-electron chi connectivity index (χ1n) is 9.33. The predicted molar refractivity (Wildman–Crippen MR) is 99.3 cm³/mol. The van der Waals surface area contributed by atoms with E-state index in [1.807, 2.05) is 13.8 Å². The van der Waals surface area contributed by atoms with E-state index in [4.69, 9.17) is 30.5 Å². The van der Waals surface area contributed by atoms with E-state index >= 15 is 0 Å². The van der Waals surface area contributed by atoms with Crippen LogP contribution < -0.4 is 0 Å². The number of hydrogen-bond acceptors (Lipinski definition) is 8. The van der Waals surface area contributed by atoms with Gasteiger partial charge in [0.2, 0.25) is 6.29 Å². The van der Waals surface area contributed by atoms with Gasteiger partial charge in [-0.2, -0.15) is 0 Å². The molecule has 2 N–H and O–H groups in total. The van der Waals surface area contributed by atoms with Gasteiger partial charge in [0.1, 0.15) is 17.3 Å². The second-order valence-corrected chi connectivity index (χ2v) is 8.00. The standard InChI is InChI=1S/C19H29ClO8/c1-6-25-16-11(4)18(23)8-13(26-12(5)21)19(24,9-20)15(18)17(28-16)27-14(22)7-10(2)3/h10,13,15-17,23-24H,4,6-9H2,1-3,5H3/t13-,15-,16-,17+,18-,19+/m0/s1. The van der Waals surface area contributed by atoms with Gasteiger partial charge in [-0.3, -0.25) is 9.59 Å². The van der Waals surface area contributed by atoms with Gasteiger partial charge < -0.3 is 29.2 Å². The zero-order chi connectivity index (χ0) is 21.3. The fourth-order valence-corrected chi connectivity index (χ4v) is 4.23. The zero-order valence-electron chi connectivity index (χ0n) is 16.6. The average Bonchev–Trinajstić information content (AvgIpc) is 2.80. The van der Waals surface area contributed by atoms with Crippen molar-refractivity contribution < 1.29 is 38.7 Å². The molecule has 1 heterocycles. The molecule has 1 aliphatic carbocycles. The number of rotatable bonds is 7. The molecule has 6 atom stereocenters. The molecule has 9 heteroatoms. The molecule has 0 aromatic rings. The van der Waals surface area contributed by atoms with Crippen molar-refractivity contribution in [1.29, 1.82) is 0 Å². The van der Waals surface area contributed by atoms with E-state index in [-0.39, 0.29) is 36.8 Å². The predicted octanol–water partition coefficient (Wildman–Crippen LogP) is 1.50. The number of fused-ring (bicyclic) bond motifs is 1. The van der Waals surface area contributed by atoms with Crippen molar-refractivity contribution in [2.45, 2.75) is 70.4 Å². The number of aliphatic hydroxyl groups is 2. The summed E-state index contributed by atoms with van der Waals surface area (Å²) in [6, 6.07) is 0. The highest BCUT2D eigenvalue weighted by Crippen LogP contribution is 2.55. The van der Waals surface area contributed by atoms with Gasteiger partial charge in [0.25, 0.3) is 0 Å². The van der Waals surface area contributed by atoms with Crippen LogP contribution in [0.25, 0.3) is 0 Å². The van der Waals surface area contributed by atoms with E-state index in [1.165, 1.54) is 6.92 Å². The lowest BCUT2D eigenvalue weighted by atomic mass is 9.76. The molecule has 0 aromatic carbocycles. The normalized spacial score (nSPS) is 37.6. The summed E-state index contributed by atoms with van der Waals surface area (Å²) in [5.74, 6) is -2.75. The second kappa shape index (κ2) is 8.67. The summed E-state index contributed by atoms with van der Waals surface area (Å²) in [5, 5.41) is 22.7. The minimum absolute atomic E-state index is 0.0388. The van der Waals surface area contributed by atoms with Gasteiger partial charge >= 0.3 is 11.9 Å². The molecule has 1 aliphatic heterocycles. The average molecular weight is 421 g/mol. The molecule has 2 fully saturated rings. The first-order valence-corrected chi connectivity index (χ1v) is 9.86. The Morgan fingerprint density at radius 1 is 1.36 bits per heavy atom. The Kier molecular flexibility index (Phi) is 7.15. The van der Waals surface area contributed by atoms with Crippen molar-refractivity contribution in [2.24, 2.45) is 11.8 Å². The molecule has 160 valence electrons. The van der Waals surface area contributed by atoms with E-state index in [0.29, 0.717) is 0 Å². The first kappa shape index (κ1) is 23.1. The molecule has 28 heavy (non-hydrogen) atoms. The van der Waals surface area contributed by atoms with Crippen LogP contribution >= 0.6 is 11.6 Å². The molecule has 0 amide bonds. The quantitative estimate of drug-likeness (QED) is 0.362. The van der Waals surface area contributed by atoms with Crippen molar-refractivity contribution in [3.63, 3.8) is 0 Å². The lowest BCUT2D eigenvalue weighted by molar-refractivity contribution is -0.303. The molecule has 0 radical (unpaired) electrons. The molecule has 0 bridgehead atoms. The summed E-state index contributed by atoms with van der Waals surface area (Å²) in [6.07, 6.45) is -3.60. The monoisotopic (exact) mass is 420 g/mol. The molecular formula is C19H29ClO8. The van der Waals surface area contributed by atoms with Crippen molar-refractivity contribution in [3.05, 3.63) is 12.2 Å². The summed E-state index contributed by atoms with van der Waals surface area (Å²) in [7, 11) is 0. The Morgan fingerprint density at radius 3 is 2.50 bits per heavy atom. The molecule has 8 nitrogen and oxygen atoms in total. The van der Waals surface area contributed by atoms with Crippen LogP contribution in [0.15, 0.2) is 12.2 Å². The number of carbonyl (C=O) groups is 2. The number of ether oxygens (including phenoxy) is 4. The largest absolute Gasteiger partial charge is 0.459 e. The van der Waals surface area contributed by atoms with Crippen LogP contribution in [0.3, 0.4) is 0 Å². The highest BCUT2D eigenvalue weighted by molar-refractivity contribution is 6.18. The maximum Gasteiger partial charge on any atom is 0.308 e. The molecule has 2 aliphatic rings. The summed E-state index contributed by atoms with van der Waals surface area (Å²) in [5.41, 5.74) is -3.52. The second-order valence-electron chi connectivity index (χ2n) is 7.73. The molecule has 0 aromatic heterocycles. The van der Waals surface area contributed by atoms with E-state index in [1.54, 1.807) is 6.92 Å². The van der Waals surface area contributed by atoms with Gasteiger partial charge in [-0.05, 0) is 12.8 Å². The summed E-state index contributed by atoms with van der Waals surface area (Å²) < 4.78 is 21.9. The molecule has 0 unspecified atom stereocenters. The minimum Gasteiger partial charge on any atom is -0.459 e. The Bertz CT molecular complexity index is 623. The fourth-order valence-electron chi connectivity index (χ4n) is 3.89. The topological polar surface area (TPSA) is 112 Å². The van der Waals surface area contributed by atoms with E-state index in [0.717, 1.165) is 0 Å². The summed E-state index contributed by atoms with van der Waals surface area (Å²) >= 11 is 6.03. The van der Waals surface area contributed by atoms with Crippen molar-refractivity contribution in [3.8, 4) is 0 Å². The third-order valence-corrected chi connectivity index (χ3v) is 5.57. The zero-order valence-corrected chi connectivity index (χ0v) is 17.4. The van der Waals surface area contributed by atoms with Gasteiger partial charge in [-0.1, -0.05) is 20.4 Å². The van der Waals surface area contributed by atoms with Gasteiger partial charge in [0.05, 0.1) is 11.8 Å². The highest BCUT2D eigenvalue weighted by Gasteiger charge is 2.70. The summed E-state index contributed by atoms with van der Waals surface area (Å²) in [6.45, 7) is 10.8. The van der Waals surface area contributed by atoms with Crippen LogP contribution in [0, 0.1) is 11.8 Å². The third kappa shape index (κ3) is 4.21. The van der Waals surface area contributed by atoms with Crippen molar-refractivity contribution in [2.75, 3.05) is 12.5 Å². The Labute approximate surface area is 169 Å². The van der Waals surface area contributed by atoms with Gasteiger partial charge in [-0.15, -0.1) is 11.6 Å². The van der Waals surface area contributed by atoms with E-state index in [2.05, 4.69) is 6.58 Å². The van der Waals surface area contributed by atoms with Crippen LogP contribution in [-0.2, 0) is 28.5 Å². The van der Waals surface area contributed by atoms with Crippen LogP contribution in [0.5, 0.6) is 0 Å². The molecule has 2 rings (SSSR count). The van der Waals surface area contributed by atoms with Crippen LogP contribution in [0.1, 0.15) is 40.5 Å². The van der Waals surface area contributed by atoms with Gasteiger partial charge in [-0.25, -0.2) is 0 Å². The summed E-state index contributed by atoms with van der Waals surface area (Å²) in [4.78, 5) is 23.8. The SMILES string of the molecule is C=C1[C@@H](OCC)O[C@@H](OC(=O)CC(C)C)[C@@H]2[C@@](O)(CCl)[C@@H](OC(C)=O)C[C@]12O. The molecule has 1 saturated carbocycles. The first-order chi connectivity index (χ1) is 13.0. The van der Waals surface area contributed by atoms with Crippen LogP contribution in [0.4, 0.5) is 0 Å². The lowest BCUT2D eigenvalue weighted by Gasteiger charge is -2.47. The van der Waals surface area contributed by atoms with E-state index < -0.39 is 47.7 Å². The minimum atomic E-state index is -1.90. The number of alkyl halides is 1. The van der Waals surface area contributed by atoms with E-state index in [9.17, 15) is 19.8 Å². The third-order valence-electron chi connectivity index (χ3n) is 5.14. The Hall–Kier alpha value is -1.19. The molecular weight excluding hydrogens is 392 g/mol. The number of halogens is 1. The maximum absolute atomic E-state index is 12.3. The Balaban J connectivity index is 2.44. The number of carbonyl (C=O) groups excluding carboxylic acids is 2. The molecule has 0 spiro atoms. The fraction of sp³-hybridized carbons (Fsp3) is 0.789. The van der Waals surface area contributed by atoms with Crippen molar-refractivity contribution >= 4 is 23.5 Å². The van der Waals surface area contributed by atoms with Crippen LogP contribution in [0.2, 0.25) is 0 Å². The van der Waals surface area contributed by atoms with Gasteiger partial charge in [0, 0.05) is 31.9 Å². The van der Waals surface area contributed by atoms with Gasteiger partial charge in [0.15, 0.2) is 6.29 Å². The highest BCUT2D eigenvalue weighted by atomic mass is 35.5. The van der Waals surface area contributed by atoms with Crippen molar-refractivity contribution in [1.82, 2.24) is 0 Å². The number of esters is 2. The number of hydrogen-bond donors (Lipinski definition) is 2. The van der Waals surface area contributed by atoms with Crippen LogP contribution in [-0.4, -0.2) is 64.5 Å². The molecule has 1 saturated heterocycles. The Morgan fingerprint density at radius 2 is 2.00 bits per heavy atom.